The Morgan fingerprint density at radius 2 is 2.22 bits per heavy atom. The number of hydrogen-bond donors (Lipinski definition) is 0. The first-order valence-electron chi connectivity index (χ1n) is 2.56. The molecule has 0 aliphatic heterocycles. The Kier molecular flexibility index (Phi) is 1.53. The fraction of sp³-hybridized carbons (Fsp3) is 0.167. The molecular formula is C6H5NO2. The molecule has 0 spiro atoms. The number of allylic oxidation sites excluding steroid dienone is 2. The number of ketones is 1. The van der Waals surface area contributed by atoms with Crippen molar-refractivity contribution in [1.82, 2.24) is 0 Å². The van der Waals surface area contributed by atoms with Crippen molar-refractivity contribution >= 4 is 5.78 Å². The number of nitroso groups, excluding NO2 is 1. The maximum atomic E-state index is 10.6. The minimum Gasteiger partial charge on any atom is -0.292 e. The van der Waals surface area contributed by atoms with Crippen molar-refractivity contribution in [3.63, 3.8) is 0 Å². The lowest BCUT2D eigenvalue weighted by molar-refractivity contribution is -0.114. The molecule has 3 heteroatoms. The zero-order valence-electron chi connectivity index (χ0n) is 4.65. The van der Waals surface area contributed by atoms with Gasteiger partial charge in [0.05, 0.1) is 0 Å². The predicted molar refractivity (Wildman–Crippen MR) is 32.9 cm³/mol. The summed E-state index contributed by atoms with van der Waals surface area (Å²) >= 11 is 0. The smallest absolute Gasteiger partial charge is 0.187 e. The zero-order chi connectivity index (χ0) is 6.69. The molecule has 0 amide bonds. The first kappa shape index (κ1) is 5.88. The molecule has 0 aromatic rings. The van der Waals surface area contributed by atoms with Crippen molar-refractivity contribution < 1.29 is 4.79 Å². The summed E-state index contributed by atoms with van der Waals surface area (Å²) in [6, 6.07) is -0.782. The molecule has 0 bridgehead atoms. The monoisotopic (exact) mass is 123 g/mol. The van der Waals surface area contributed by atoms with Crippen LogP contribution in [0.5, 0.6) is 0 Å². The van der Waals surface area contributed by atoms with Gasteiger partial charge < -0.3 is 0 Å². The van der Waals surface area contributed by atoms with Crippen LogP contribution >= 0.6 is 0 Å². The summed E-state index contributed by atoms with van der Waals surface area (Å²) in [4.78, 5) is 20.4. The van der Waals surface area contributed by atoms with Crippen LogP contribution in [0.2, 0.25) is 0 Å². The molecule has 1 rings (SSSR count). The SMILES string of the molecule is O=NC1C=CC=CC1=O. The molecule has 0 fully saturated rings. The number of rotatable bonds is 1. The molecule has 0 radical (unpaired) electrons. The molecule has 0 heterocycles. The van der Waals surface area contributed by atoms with Gasteiger partial charge >= 0.3 is 0 Å². The Morgan fingerprint density at radius 1 is 1.44 bits per heavy atom. The molecule has 9 heavy (non-hydrogen) atoms. The summed E-state index contributed by atoms with van der Waals surface area (Å²) in [5.74, 6) is -0.243. The van der Waals surface area contributed by atoms with E-state index in [9.17, 15) is 9.70 Å². The average Bonchev–Trinajstić information content (AvgIpc) is 1.89. The molecule has 46 valence electrons. The highest BCUT2D eigenvalue weighted by atomic mass is 16.3. The lowest BCUT2D eigenvalue weighted by Crippen LogP contribution is -2.13. The van der Waals surface area contributed by atoms with E-state index in [1.165, 1.54) is 12.2 Å². The Bertz CT molecular complexity index is 193. The second-order valence-electron chi connectivity index (χ2n) is 1.70. The summed E-state index contributed by atoms with van der Waals surface area (Å²) in [5, 5.41) is 2.59. The molecule has 0 saturated heterocycles. The van der Waals surface area contributed by atoms with E-state index in [0.29, 0.717) is 0 Å². The molecule has 1 unspecified atom stereocenters. The van der Waals surface area contributed by atoms with Gasteiger partial charge in [0.1, 0.15) is 0 Å². The largest absolute Gasteiger partial charge is 0.292 e. The molecule has 0 aromatic heterocycles. The lowest BCUT2D eigenvalue weighted by atomic mass is 10.1. The third kappa shape index (κ3) is 1.10. The standard InChI is InChI=1S/C6H5NO2/c8-6-4-2-1-3-5(6)7-9/h1-5H. The van der Waals surface area contributed by atoms with Crippen LogP contribution in [0.15, 0.2) is 29.5 Å². The summed E-state index contributed by atoms with van der Waals surface area (Å²) in [6.45, 7) is 0. The van der Waals surface area contributed by atoms with Gasteiger partial charge in [0.15, 0.2) is 11.8 Å². The molecule has 1 aliphatic rings. The van der Waals surface area contributed by atoms with Crippen LogP contribution in [-0.2, 0) is 4.79 Å². The van der Waals surface area contributed by atoms with E-state index in [4.69, 9.17) is 0 Å². The second-order valence-corrected chi connectivity index (χ2v) is 1.70. The van der Waals surface area contributed by atoms with Crippen molar-refractivity contribution in [2.45, 2.75) is 6.04 Å². The van der Waals surface area contributed by atoms with Crippen LogP contribution in [0, 0.1) is 4.91 Å². The van der Waals surface area contributed by atoms with Gasteiger partial charge in [-0.1, -0.05) is 17.3 Å². The Labute approximate surface area is 52.0 Å². The van der Waals surface area contributed by atoms with Crippen molar-refractivity contribution in [1.29, 1.82) is 0 Å². The highest BCUT2D eigenvalue weighted by Crippen LogP contribution is 2.01. The quantitative estimate of drug-likeness (QED) is 0.484. The van der Waals surface area contributed by atoms with Gasteiger partial charge in [0.25, 0.3) is 0 Å². The molecule has 1 atom stereocenters. The van der Waals surface area contributed by atoms with Gasteiger partial charge in [0, 0.05) is 0 Å². The summed E-state index contributed by atoms with van der Waals surface area (Å²) in [6.07, 6.45) is 6.03. The van der Waals surface area contributed by atoms with Crippen molar-refractivity contribution in [3.05, 3.63) is 29.2 Å². The molecular weight excluding hydrogens is 118 g/mol. The lowest BCUT2D eigenvalue weighted by Gasteiger charge is -1.99. The molecule has 1 aliphatic carbocycles. The highest BCUT2D eigenvalue weighted by Gasteiger charge is 2.13. The van der Waals surface area contributed by atoms with Gasteiger partial charge in [-0.3, -0.25) is 4.79 Å². The third-order valence-corrected chi connectivity index (χ3v) is 1.07. The summed E-state index contributed by atoms with van der Waals surface area (Å²) in [5.41, 5.74) is 0. The maximum absolute atomic E-state index is 10.6. The number of nitrogens with zero attached hydrogens (tertiary/aromatic N) is 1. The van der Waals surface area contributed by atoms with E-state index < -0.39 is 6.04 Å². The average molecular weight is 123 g/mol. The van der Waals surface area contributed by atoms with Crippen LogP contribution in [0.3, 0.4) is 0 Å². The second kappa shape index (κ2) is 2.35. The number of carbonyl (C=O) groups excluding carboxylic acids is 1. The van der Waals surface area contributed by atoms with E-state index in [1.807, 2.05) is 0 Å². The van der Waals surface area contributed by atoms with Gasteiger partial charge in [-0.25, -0.2) is 0 Å². The van der Waals surface area contributed by atoms with Gasteiger partial charge in [-0.05, 0) is 12.2 Å². The summed E-state index contributed by atoms with van der Waals surface area (Å²) in [7, 11) is 0. The maximum Gasteiger partial charge on any atom is 0.187 e. The van der Waals surface area contributed by atoms with Crippen molar-refractivity contribution in [3.8, 4) is 0 Å². The predicted octanol–water partition coefficient (Wildman–Crippen LogP) is 0.817. The van der Waals surface area contributed by atoms with E-state index in [2.05, 4.69) is 5.18 Å². The normalized spacial score (nSPS) is 24.4. The van der Waals surface area contributed by atoms with Crippen LogP contribution < -0.4 is 0 Å². The molecule has 3 nitrogen and oxygen atoms in total. The Hall–Kier alpha value is -1.25. The fourth-order valence-electron chi connectivity index (χ4n) is 0.600. The van der Waals surface area contributed by atoms with E-state index in [0.717, 1.165) is 0 Å². The van der Waals surface area contributed by atoms with Gasteiger partial charge in [0.2, 0.25) is 0 Å². The summed E-state index contributed by atoms with van der Waals surface area (Å²) < 4.78 is 0. The number of hydrogen-bond acceptors (Lipinski definition) is 3. The minimum atomic E-state index is -0.782. The van der Waals surface area contributed by atoms with E-state index in [-0.39, 0.29) is 5.78 Å². The Morgan fingerprint density at radius 3 is 2.67 bits per heavy atom. The fourth-order valence-corrected chi connectivity index (χ4v) is 0.600. The van der Waals surface area contributed by atoms with Crippen LogP contribution in [0.25, 0.3) is 0 Å². The zero-order valence-corrected chi connectivity index (χ0v) is 4.65. The molecule has 0 N–H and O–H groups in total. The highest BCUT2D eigenvalue weighted by molar-refractivity contribution is 5.97. The first-order valence-corrected chi connectivity index (χ1v) is 2.56. The van der Waals surface area contributed by atoms with Crippen LogP contribution in [0.1, 0.15) is 0 Å². The van der Waals surface area contributed by atoms with Gasteiger partial charge in [-0.2, -0.15) is 0 Å². The van der Waals surface area contributed by atoms with Crippen molar-refractivity contribution in [2.24, 2.45) is 5.18 Å². The molecule has 0 saturated carbocycles. The van der Waals surface area contributed by atoms with Crippen LogP contribution in [0.4, 0.5) is 0 Å². The van der Waals surface area contributed by atoms with E-state index in [1.54, 1.807) is 12.2 Å². The minimum absolute atomic E-state index is 0.243. The first-order chi connectivity index (χ1) is 4.34. The Balaban J connectivity index is 2.77. The van der Waals surface area contributed by atoms with Crippen molar-refractivity contribution in [2.75, 3.05) is 0 Å². The third-order valence-electron chi connectivity index (χ3n) is 1.07. The topological polar surface area (TPSA) is 46.5 Å². The van der Waals surface area contributed by atoms with Crippen LogP contribution in [-0.4, -0.2) is 11.8 Å². The number of carbonyl (C=O) groups is 1. The van der Waals surface area contributed by atoms with E-state index >= 15 is 0 Å². The van der Waals surface area contributed by atoms with Gasteiger partial charge in [-0.15, -0.1) is 4.91 Å². The molecule has 0 aromatic carbocycles.